The molecule has 3 rings (SSSR count). The minimum atomic E-state index is 0.566. The van der Waals surface area contributed by atoms with Crippen LogP contribution in [0.25, 0.3) is 16.3 Å². The lowest BCUT2D eigenvalue weighted by Crippen LogP contribution is -2.05. The van der Waals surface area contributed by atoms with Gasteiger partial charge in [-0.15, -0.1) is 11.3 Å². The van der Waals surface area contributed by atoms with Crippen molar-refractivity contribution in [1.82, 2.24) is 9.78 Å². The Morgan fingerprint density at radius 3 is 2.70 bits per heavy atom. The third kappa shape index (κ3) is 3.09. The highest BCUT2D eigenvalue weighted by atomic mass is 32.1. The molecule has 0 saturated heterocycles. The maximum atomic E-state index is 5.69. The van der Waals surface area contributed by atoms with E-state index in [0.29, 0.717) is 6.54 Å². The van der Waals surface area contributed by atoms with Crippen molar-refractivity contribution in [2.24, 2.45) is 5.73 Å². The van der Waals surface area contributed by atoms with Gasteiger partial charge >= 0.3 is 0 Å². The molecule has 2 aromatic heterocycles. The second-order valence-electron chi connectivity index (χ2n) is 4.99. The summed E-state index contributed by atoms with van der Waals surface area (Å²) in [6, 6.07) is 11.9. The lowest BCUT2D eigenvalue weighted by atomic mass is 10.2. The second kappa shape index (κ2) is 6.85. The van der Waals surface area contributed by atoms with Crippen LogP contribution >= 0.6 is 11.3 Å². The van der Waals surface area contributed by atoms with E-state index in [2.05, 4.69) is 17.5 Å². The summed E-state index contributed by atoms with van der Waals surface area (Å²) in [5.41, 5.74) is 8.52. The van der Waals surface area contributed by atoms with E-state index in [0.717, 1.165) is 39.9 Å². The molecule has 0 spiro atoms. The van der Waals surface area contributed by atoms with Crippen molar-refractivity contribution in [3.05, 3.63) is 47.5 Å². The van der Waals surface area contributed by atoms with E-state index in [1.165, 1.54) is 0 Å². The molecular weight excluding hydrogens is 310 g/mol. The first-order valence-electron chi connectivity index (χ1n) is 7.32. The van der Waals surface area contributed by atoms with E-state index < -0.39 is 0 Å². The van der Waals surface area contributed by atoms with Crippen molar-refractivity contribution < 1.29 is 9.47 Å². The lowest BCUT2D eigenvalue weighted by molar-refractivity contribution is 0.400. The van der Waals surface area contributed by atoms with E-state index in [4.69, 9.17) is 20.3 Å². The van der Waals surface area contributed by atoms with Gasteiger partial charge < -0.3 is 15.2 Å². The predicted octanol–water partition coefficient (Wildman–Crippen LogP) is 3.12. The van der Waals surface area contributed by atoms with Crippen molar-refractivity contribution in [1.29, 1.82) is 0 Å². The molecule has 0 amide bonds. The summed E-state index contributed by atoms with van der Waals surface area (Å²) in [5, 5.41) is 6.77. The van der Waals surface area contributed by atoms with Crippen molar-refractivity contribution in [2.45, 2.75) is 6.42 Å². The summed E-state index contributed by atoms with van der Waals surface area (Å²) in [6.07, 6.45) is 0.734. The molecule has 0 aliphatic carbocycles. The van der Waals surface area contributed by atoms with Crippen LogP contribution in [0, 0.1) is 0 Å². The summed E-state index contributed by atoms with van der Waals surface area (Å²) in [6.45, 7) is 0.566. The zero-order valence-electron chi connectivity index (χ0n) is 13.2. The Balaban J connectivity index is 2.18. The van der Waals surface area contributed by atoms with Gasteiger partial charge in [-0.2, -0.15) is 5.10 Å². The summed E-state index contributed by atoms with van der Waals surface area (Å²) in [5.74, 6) is 1.50. The van der Waals surface area contributed by atoms with Crippen molar-refractivity contribution in [2.75, 3.05) is 20.8 Å². The molecule has 0 atom stereocenters. The van der Waals surface area contributed by atoms with Crippen LogP contribution in [0.5, 0.6) is 11.5 Å². The van der Waals surface area contributed by atoms with Gasteiger partial charge in [-0.25, -0.2) is 4.68 Å². The Morgan fingerprint density at radius 1 is 1.17 bits per heavy atom. The van der Waals surface area contributed by atoms with Gasteiger partial charge in [0.25, 0.3) is 0 Å². The smallest absolute Gasteiger partial charge is 0.144 e. The summed E-state index contributed by atoms with van der Waals surface area (Å²) < 4.78 is 12.8. The van der Waals surface area contributed by atoms with E-state index in [1.54, 1.807) is 25.6 Å². The number of nitrogens with zero attached hydrogens (tertiary/aromatic N) is 2. The second-order valence-corrected chi connectivity index (χ2v) is 5.93. The standard InChI is InChI=1S/C17H19N3O2S/c1-21-13-5-6-16(22-2)14(11-13)20-15(17-4-3-9-23-17)10-12(19-20)7-8-18/h3-6,9-11H,7-8,18H2,1-2H3. The predicted molar refractivity (Wildman–Crippen MR) is 92.7 cm³/mol. The minimum Gasteiger partial charge on any atom is -0.497 e. The first-order chi connectivity index (χ1) is 11.3. The van der Waals surface area contributed by atoms with Crippen molar-refractivity contribution in [3.8, 4) is 27.8 Å². The van der Waals surface area contributed by atoms with Crippen LogP contribution in [0.15, 0.2) is 41.8 Å². The van der Waals surface area contributed by atoms with Crippen LogP contribution < -0.4 is 15.2 Å². The van der Waals surface area contributed by atoms with Gasteiger partial charge in [0.2, 0.25) is 0 Å². The van der Waals surface area contributed by atoms with Crippen LogP contribution in [0.3, 0.4) is 0 Å². The van der Waals surface area contributed by atoms with Crippen LogP contribution in [0.1, 0.15) is 5.69 Å². The van der Waals surface area contributed by atoms with Gasteiger partial charge in [0.1, 0.15) is 17.2 Å². The van der Waals surface area contributed by atoms with Gasteiger partial charge in [-0.1, -0.05) is 6.07 Å². The molecular formula is C17H19N3O2S. The first kappa shape index (κ1) is 15.6. The molecule has 0 aliphatic rings. The van der Waals surface area contributed by atoms with Crippen LogP contribution in [0.2, 0.25) is 0 Å². The number of ether oxygens (including phenoxy) is 2. The fourth-order valence-corrected chi connectivity index (χ4v) is 3.17. The van der Waals surface area contributed by atoms with E-state index in [-0.39, 0.29) is 0 Å². The third-order valence-electron chi connectivity index (χ3n) is 3.55. The Labute approximate surface area is 139 Å². The molecule has 0 saturated carbocycles. The van der Waals surface area contributed by atoms with Crippen molar-refractivity contribution >= 4 is 11.3 Å². The van der Waals surface area contributed by atoms with Crippen LogP contribution in [-0.2, 0) is 6.42 Å². The molecule has 0 unspecified atom stereocenters. The van der Waals surface area contributed by atoms with E-state index in [1.807, 2.05) is 28.9 Å². The Morgan fingerprint density at radius 2 is 2.04 bits per heavy atom. The highest BCUT2D eigenvalue weighted by molar-refractivity contribution is 7.13. The SMILES string of the molecule is COc1ccc(OC)c(-n2nc(CCN)cc2-c2cccs2)c1. The van der Waals surface area contributed by atoms with Gasteiger partial charge in [0, 0.05) is 12.5 Å². The molecule has 2 N–H and O–H groups in total. The van der Waals surface area contributed by atoms with Crippen LogP contribution in [0.4, 0.5) is 0 Å². The van der Waals surface area contributed by atoms with Crippen molar-refractivity contribution in [3.63, 3.8) is 0 Å². The molecule has 0 radical (unpaired) electrons. The fourth-order valence-electron chi connectivity index (χ4n) is 2.45. The van der Waals surface area contributed by atoms with Gasteiger partial charge in [0.15, 0.2) is 0 Å². The number of hydrogen-bond donors (Lipinski definition) is 1. The maximum Gasteiger partial charge on any atom is 0.144 e. The Hall–Kier alpha value is -2.31. The molecule has 0 fully saturated rings. The third-order valence-corrected chi connectivity index (χ3v) is 4.44. The first-order valence-corrected chi connectivity index (χ1v) is 8.20. The van der Waals surface area contributed by atoms with E-state index >= 15 is 0 Å². The average Bonchev–Trinajstić information content (AvgIpc) is 3.23. The van der Waals surface area contributed by atoms with Gasteiger partial charge in [0.05, 0.1) is 30.5 Å². The number of thiophene rings is 1. The van der Waals surface area contributed by atoms with Gasteiger partial charge in [-0.05, 0) is 36.2 Å². The monoisotopic (exact) mass is 329 g/mol. The zero-order valence-corrected chi connectivity index (χ0v) is 14.0. The number of methoxy groups -OCH3 is 2. The Bertz CT molecular complexity index is 781. The number of rotatable bonds is 6. The number of nitrogens with two attached hydrogens (primary N) is 1. The molecule has 5 nitrogen and oxygen atoms in total. The van der Waals surface area contributed by atoms with Crippen LogP contribution in [-0.4, -0.2) is 30.5 Å². The topological polar surface area (TPSA) is 62.3 Å². The lowest BCUT2D eigenvalue weighted by Gasteiger charge is -2.12. The minimum absolute atomic E-state index is 0.566. The zero-order chi connectivity index (χ0) is 16.2. The number of benzene rings is 1. The largest absolute Gasteiger partial charge is 0.497 e. The van der Waals surface area contributed by atoms with Gasteiger partial charge in [-0.3, -0.25) is 0 Å². The molecule has 1 aromatic carbocycles. The molecule has 23 heavy (non-hydrogen) atoms. The molecule has 120 valence electrons. The maximum absolute atomic E-state index is 5.69. The molecule has 0 aliphatic heterocycles. The quantitative estimate of drug-likeness (QED) is 0.755. The highest BCUT2D eigenvalue weighted by Gasteiger charge is 2.16. The summed E-state index contributed by atoms with van der Waals surface area (Å²) >= 11 is 1.68. The Kier molecular flexibility index (Phi) is 4.64. The molecule has 2 heterocycles. The molecule has 3 aromatic rings. The fraction of sp³-hybridized carbons (Fsp3) is 0.235. The average molecular weight is 329 g/mol. The summed E-state index contributed by atoms with van der Waals surface area (Å²) in [7, 11) is 3.30. The highest BCUT2D eigenvalue weighted by Crippen LogP contribution is 2.33. The normalized spacial score (nSPS) is 10.7. The molecule has 6 heteroatoms. The molecule has 0 bridgehead atoms. The number of aromatic nitrogens is 2. The number of hydrogen-bond acceptors (Lipinski definition) is 5. The summed E-state index contributed by atoms with van der Waals surface area (Å²) in [4.78, 5) is 1.14. The van der Waals surface area contributed by atoms with E-state index in [9.17, 15) is 0 Å².